The molecular weight excluding hydrogens is 582 g/mol. The van der Waals surface area contributed by atoms with E-state index in [9.17, 15) is 23.3 Å². The third-order valence-electron chi connectivity index (χ3n) is 7.13. The third-order valence-corrected chi connectivity index (χ3v) is 8.81. The molecular formula is C32H25N5O6S. The molecule has 6 aromatic rings. The fourth-order valence-corrected chi connectivity index (χ4v) is 6.31. The van der Waals surface area contributed by atoms with Gasteiger partial charge in [0.05, 0.1) is 22.1 Å². The van der Waals surface area contributed by atoms with Gasteiger partial charge in [0, 0.05) is 35.4 Å². The molecule has 0 amide bonds. The summed E-state index contributed by atoms with van der Waals surface area (Å²) in [7, 11) is -4.17. The number of oxazole rings is 1. The molecule has 0 spiro atoms. The Morgan fingerprint density at radius 3 is 2.09 bits per heavy atom. The third kappa shape index (κ3) is 5.34. The number of benzene rings is 4. The molecule has 0 aliphatic heterocycles. The summed E-state index contributed by atoms with van der Waals surface area (Å²) in [6.07, 6.45) is 0. The van der Waals surface area contributed by atoms with Gasteiger partial charge in [-0.25, -0.2) is 17.9 Å². The summed E-state index contributed by atoms with van der Waals surface area (Å²) in [6.45, 7) is 1.88. The second kappa shape index (κ2) is 11.6. The Balaban J connectivity index is 1.47. The molecule has 2 aromatic heterocycles. The lowest BCUT2D eigenvalue weighted by Gasteiger charge is -2.11. The van der Waals surface area contributed by atoms with Crippen molar-refractivity contribution < 1.29 is 17.8 Å². The van der Waals surface area contributed by atoms with Crippen molar-refractivity contribution in [2.24, 2.45) is 0 Å². The van der Waals surface area contributed by atoms with Gasteiger partial charge >= 0.3 is 5.76 Å². The second-order valence-corrected chi connectivity index (χ2v) is 11.9. The molecule has 11 nitrogen and oxygen atoms in total. The maximum Gasteiger partial charge on any atom is 0.420 e. The molecule has 6 rings (SSSR count). The Morgan fingerprint density at radius 1 is 0.795 bits per heavy atom. The van der Waals surface area contributed by atoms with Crippen molar-refractivity contribution in [3.05, 3.63) is 135 Å². The molecule has 0 saturated carbocycles. The van der Waals surface area contributed by atoms with E-state index < -0.39 is 20.5 Å². The second-order valence-electron chi connectivity index (χ2n) is 10.0. The first kappa shape index (κ1) is 28.5. The van der Waals surface area contributed by atoms with Crippen molar-refractivity contribution in [3.63, 3.8) is 0 Å². The lowest BCUT2D eigenvalue weighted by molar-refractivity contribution is -0.384. The van der Waals surface area contributed by atoms with Gasteiger partial charge in [0.25, 0.3) is 5.69 Å². The minimum Gasteiger partial charge on any atom is -0.407 e. The summed E-state index contributed by atoms with van der Waals surface area (Å²) in [6, 6.07) is 30.4. The van der Waals surface area contributed by atoms with Crippen molar-refractivity contribution in [3.8, 4) is 33.8 Å². The molecule has 0 aliphatic rings. The summed E-state index contributed by atoms with van der Waals surface area (Å²) in [5, 5.41) is 19.4. The summed E-state index contributed by atoms with van der Waals surface area (Å²) in [5.41, 5.74) is 2.97. The monoisotopic (exact) mass is 607 g/mol. The molecule has 0 bridgehead atoms. The summed E-state index contributed by atoms with van der Waals surface area (Å²) < 4.78 is 36.1. The Kier molecular flexibility index (Phi) is 7.50. The normalized spacial score (nSPS) is 11.5. The minimum atomic E-state index is -4.17. The van der Waals surface area contributed by atoms with Gasteiger partial charge in [-0.15, -0.1) is 5.10 Å². The predicted octanol–water partition coefficient (Wildman–Crippen LogP) is 5.78. The van der Waals surface area contributed by atoms with E-state index in [1.54, 1.807) is 18.2 Å². The number of hydrogen-bond acceptors (Lipinski definition) is 8. The fraction of sp³-hybridized carbons (Fsp3) is 0.0938. The zero-order valence-electron chi connectivity index (χ0n) is 23.4. The number of aromatic nitrogens is 4. The molecule has 0 aliphatic carbocycles. The standard InChI is InChI=1S/C32H25N5O6S/c1-22-15-17-27(18-16-22)44(41,42)31-29(25-13-8-14-26(21-25)37(39)40)36(34-33-31)20-19-35-28(23-9-4-2-5-10-23)30(43-32(35)38)24-11-6-3-7-12-24/h2-18,21H,19-20H2,1H3. The van der Waals surface area contributed by atoms with E-state index in [0.29, 0.717) is 17.0 Å². The molecule has 0 radical (unpaired) electrons. The van der Waals surface area contributed by atoms with Gasteiger partial charge in [-0.1, -0.05) is 95.7 Å². The smallest absolute Gasteiger partial charge is 0.407 e. The van der Waals surface area contributed by atoms with Crippen LogP contribution in [-0.2, 0) is 22.9 Å². The number of nitro benzene ring substituents is 1. The molecule has 0 fully saturated rings. The number of nitrogens with zero attached hydrogens (tertiary/aromatic N) is 5. The molecule has 4 aromatic carbocycles. The lowest BCUT2D eigenvalue weighted by Crippen LogP contribution is -2.20. The van der Waals surface area contributed by atoms with Gasteiger partial charge in [-0.05, 0) is 19.1 Å². The van der Waals surface area contributed by atoms with E-state index in [1.165, 1.54) is 39.6 Å². The highest BCUT2D eigenvalue weighted by atomic mass is 32.2. The summed E-state index contributed by atoms with van der Waals surface area (Å²) in [5.74, 6) is -0.214. The number of sulfone groups is 1. The zero-order chi connectivity index (χ0) is 30.8. The first-order valence-electron chi connectivity index (χ1n) is 13.6. The highest BCUT2D eigenvalue weighted by Crippen LogP contribution is 2.34. The van der Waals surface area contributed by atoms with Crippen LogP contribution in [0.25, 0.3) is 33.8 Å². The van der Waals surface area contributed by atoms with E-state index >= 15 is 0 Å². The first-order chi connectivity index (χ1) is 21.2. The maximum absolute atomic E-state index is 13.8. The maximum atomic E-state index is 13.8. The number of nitro groups is 1. The lowest BCUT2D eigenvalue weighted by atomic mass is 10.1. The number of hydrogen-bond donors (Lipinski definition) is 0. The Hall–Kier alpha value is -5.62. The van der Waals surface area contributed by atoms with E-state index in [2.05, 4.69) is 10.3 Å². The van der Waals surface area contributed by atoms with E-state index in [4.69, 9.17) is 4.42 Å². The van der Waals surface area contributed by atoms with Gasteiger partial charge in [-0.2, -0.15) is 0 Å². The van der Waals surface area contributed by atoms with Crippen LogP contribution in [-0.4, -0.2) is 32.9 Å². The zero-order valence-corrected chi connectivity index (χ0v) is 24.2. The van der Waals surface area contributed by atoms with Crippen molar-refractivity contribution in [1.82, 2.24) is 19.6 Å². The predicted molar refractivity (Wildman–Crippen MR) is 163 cm³/mol. The van der Waals surface area contributed by atoms with Crippen LogP contribution < -0.4 is 5.76 Å². The SMILES string of the molecule is Cc1ccc(S(=O)(=O)c2nnn(CCn3c(-c4ccccc4)c(-c4ccccc4)oc3=O)c2-c2cccc([N+](=O)[O-])c2)cc1. The van der Waals surface area contributed by atoms with E-state index in [1.807, 2.05) is 67.6 Å². The van der Waals surface area contributed by atoms with Gasteiger partial charge in [-0.3, -0.25) is 14.7 Å². The molecule has 2 heterocycles. The van der Waals surface area contributed by atoms with Gasteiger partial charge < -0.3 is 4.42 Å². The van der Waals surface area contributed by atoms with Crippen LogP contribution in [0.5, 0.6) is 0 Å². The van der Waals surface area contributed by atoms with E-state index in [0.717, 1.165) is 11.1 Å². The molecule has 0 atom stereocenters. The average Bonchev–Trinajstić information content (AvgIpc) is 3.62. The van der Waals surface area contributed by atoms with Crippen LogP contribution in [0.3, 0.4) is 0 Å². The van der Waals surface area contributed by atoms with Crippen LogP contribution in [0.2, 0.25) is 0 Å². The van der Waals surface area contributed by atoms with E-state index in [-0.39, 0.29) is 40.0 Å². The average molecular weight is 608 g/mol. The van der Waals surface area contributed by atoms with Crippen molar-refractivity contribution in [2.45, 2.75) is 29.9 Å². The summed E-state index contributed by atoms with van der Waals surface area (Å²) >= 11 is 0. The number of non-ortho nitro benzene ring substituents is 1. The highest BCUT2D eigenvalue weighted by molar-refractivity contribution is 7.91. The minimum absolute atomic E-state index is 0.00193. The number of aryl methyl sites for hydroxylation is 2. The molecule has 0 N–H and O–H groups in total. The Bertz CT molecular complexity index is 2140. The highest BCUT2D eigenvalue weighted by Gasteiger charge is 2.30. The van der Waals surface area contributed by atoms with Crippen LogP contribution in [0.4, 0.5) is 5.69 Å². The quantitative estimate of drug-likeness (QED) is 0.149. The molecule has 0 unspecified atom stereocenters. The Morgan fingerprint density at radius 2 is 1.43 bits per heavy atom. The Labute approximate surface area is 251 Å². The van der Waals surface area contributed by atoms with Crippen molar-refractivity contribution in [1.29, 1.82) is 0 Å². The summed E-state index contributed by atoms with van der Waals surface area (Å²) in [4.78, 5) is 24.3. The largest absolute Gasteiger partial charge is 0.420 e. The molecule has 220 valence electrons. The molecule has 12 heteroatoms. The topological polar surface area (TPSA) is 143 Å². The fourth-order valence-electron chi connectivity index (χ4n) is 4.97. The van der Waals surface area contributed by atoms with Crippen LogP contribution >= 0.6 is 0 Å². The van der Waals surface area contributed by atoms with Crippen LogP contribution in [0.15, 0.2) is 128 Å². The number of rotatable bonds is 9. The van der Waals surface area contributed by atoms with Crippen LogP contribution in [0.1, 0.15) is 5.56 Å². The molecule has 0 saturated heterocycles. The van der Waals surface area contributed by atoms with Gasteiger partial charge in [0.15, 0.2) is 5.76 Å². The first-order valence-corrected chi connectivity index (χ1v) is 15.1. The van der Waals surface area contributed by atoms with Crippen molar-refractivity contribution in [2.75, 3.05) is 0 Å². The molecule has 44 heavy (non-hydrogen) atoms. The van der Waals surface area contributed by atoms with Crippen LogP contribution in [0, 0.1) is 17.0 Å². The van der Waals surface area contributed by atoms with Gasteiger partial charge in [0.2, 0.25) is 14.9 Å². The van der Waals surface area contributed by atoms with Crippen molar-refractivity contribution >= 4 is 15.5 Å². The van der Waals surface area contributed by atoms with Gasteiger partial charge in [0.1, 0.15) is 5.69 Å².